The molecule has 0 fully saturated rings. The second-order valence-corrected chi connectivity index (χ2v) is 2.98. The van der Waals surface area contributed by atoms with Gasteiger partial charge in [0.2, 0.25) is 5.82 Å². The predicted octanol–water partition coefficient (Wildman–Crippen LogP) is 1.43. The summed E-state index contributed by atoms with van der Waals surface area (Å²) in [6, 6.07) is 0. The fourth-order valence-electron chi connectivity index (χ4n) is 0.878. The highest BCUT2D eigenvalue weighted by Crippen LogP contribution is 2.16. The third kappa shape index (κ3) is 1.69. The smallest absolute Gasteiger partial charge is 0.358 e. The molecule has 6 nitrogen and oxygen atoms in total. The van der Waals surface area contributed by atoms with Gasteiger partial charge in [0, 0.05) is 6.92 Å². The molecule has 0 unspecified atom stereocenters. The summed E-state index contributed by atoms with van der Waals surface area (Å²) in [4.78, 5) is 24.7. The third-order valence-corrected chi connectivity index (χ3v) is 2.00. The van der Waals surface area contributed by atoms with Gasteiger partial charge in [0.05, 0.1) is 0 Å². The zero-order valence-corrected chi connectivity index (χ0v) is 7.87. The van der Waals surface area contributed by atoms with E-state index in [-0.39, 0.29) is 5.82 Å². The fourth-order valence-corrected chi connectivity index (χ4v) is 1.29. The van der Waals surface area contributed by atoms with Crippen LogP contribution in [0.15, 0.2) is 6.20 Å². The summed E-state index contributed by atoms with van der Waals surface area (Å²) >= 11 is 0.908. The number of imidazole rings is 1. The Morgan fingerprint density at radius 3 is 2.85 bits per heavy atom. The molecular formula is C6H7N3O3S. The summed E-state index contributed by atoms with van der Waals surface area (Å²) < 4.78 is 0.977. The first kappa shape index (κ1) is 9.72. The van der Waals surface area contributed by atoms with Crippen LogP contribution < -0.4 is 0 Å². The topological polar surface area (TPSA) is 78.0 Å². The number of nitro groups is 1. The van der Waals surface area contributed by atoms with E-state index >= 15 is 0 Å². The number of carbonyl (C=O) groups is 1. The second-order valence-electron chi connectivity index (χ2n) is 2.23. The summed E-state index contributed by atoms with van der Waals surface area (Å²) in [7, 11) is 0. The zero-order valence-electron chi connectivity index (χ0n) is 7.05. The maximum absolute atomic E-state index is 11.2. The van der Waals surface area contributed by atoms with Crippen LogP contribution in [0.5, 0.6) is 0 Å². The van der Waals surface area contributed by atoms with Crippen molar-refractivity contribution < 1.29 is 9.72 Å². The number of hydrogen-bond donors (Lipinski definition) is 0. The van der Waals surface area contributed by atoms with Crippen molar-refractivity contribution in [3.63, 3.8) is 0 Å². The van der Waals surface area contributed by atoms with Gasteiger partial charge >= 0.3 is 11.1 Å². The third-order valence-electron chi connectivity index (χ3n) is 1.46. The lowest BCUT2D eigenvalue weighted by atomic mass is 10.7. The molecule has 13 heavy (non-hydrogen) atoms. The van der Waals surface area contributed by atoms with Crippen LogP contribution in [0.2, 0.25) is 0 Å². The van der Waals surface area contributed by atoms with Gasteiger partial charge in [0.25, 0.3) is 0 Å². The van der Waals surface area contributed by atoms with Gasteiger partial charge in [0.15, 0.2) is 0 Å². The number of hydrogen-bond acceptors (Lipinski definition) is 5. The first-order valence-electron chi connectivity index (χ1n) is 3.35. The molecular weight excluding hydrogens is 194 g/mol. The molecule has 0 aromatic carbocycles. The van der Waals surface area contributed by atoms with Crippen molar-refractivity contribution in [1.29, 1.82) is 0 Å². The fraction of sp³-hybridized carbons (Fsp3) is 0.333. The van der Waals surface area contributed by atoms with Gasteiger partial charge in [-0.3, -0.25) is 0 Å². The Hall–Kier alpha value is -1.37. The number of thioether (sulfide) groups is 1. The standard InChI is InChI=1S/C6H7N3O3S/c1-4-7-3-5(9(11)12)8(4)6(10)13-2/h3H,1-2H3. The van der Waals surface area contributed by atoms with Crippen LogP contribution >= 0.6 is 11.8 Å². The normalized spacial score (nSPS) is 10.0. The molecule has 1 aromatic rings. The van der Waals surface area contributed by atoms with Crippen molar-refractivity contribution in [2.24, 2.45) is 0 Å². The largest absolute Gasteiger partial charge is 0.375 e. The lowest BCUT2D eigenvalue weighted by Crippen LogP contribution is -2.09. The highest BCUT2D eigenvalue weighted by atomic mass is 32.2. The molecule has 0 spiro atoms. The van der Waals surface area contributed by atoms with E-state index in [9.17, 15) is 14.9 Å². The van der Waals surface area contributed by atoms with Crippen molar-refractivity contribution in [2.75, 3.05) is 6.26 Å². The Labute approximate surface area is 78.1 Å². The van der Waals surface area contributed by atoms with Gasteiger partial charge in [-0.2, -0.15) is 0 Å². The summed E-state index contributed by atoms with van der Waals surface area (Å²) in [6.07, 6.45) is 2.63. The van der Waals surface area contributed by atoms with Crippen LogP contribution in [0.25, 0.3) is 0 Å². The zero-order chi connectivity index (χ0) is 10.0. The Kier molecular flexibility index (Phi) is 2.66. The molecule has 0 aliphatic rings. The Balaban J connectivity index is 3.24. The molecule has 1 rings (SSSR count). The summed E-state index contributed by atoms with van der Waals surface area (Å²) in [5.74, 6) is 0.0305. The van der Waals surface area contributed by atoms with E-state index in [2.05, 4.69) is 4.98 Å². The number of aromatic nitrogens is 2. The summed E-state index contributed by atoms with van der Waals surface area (Å²) in [5, 5.41) is 10.0. The van der Waals surface area contributed by atoms with E-state index in [4.69, 9.17) is 0 Å². The van der Waals surface area contributed by atoms with Gasteiger partial charge in [-0.25, -0.2) is 9.78 Å². The highest BCUT2D eigenvalue weighted by Gasteiger charge is 2.23. The van der Waals surface area contributed by atoms with Crippen molar-refractivity contribution in [1.82, 2.24) is 9.55 Å². The highest BCUT2D eigenvalue weighted by molar-refractivity contribution is 8.13. The second kappa shape index (κ2) is 3.56. The number of carbonyl (C=O) groups excluding carboxylic acids is 1. The summed E-state index contributed by atoms with van der Waals surface area (Å²) in [5.41, 5.74) is 0. The molecule has 0 saturated heterocycles. The molecule has 1 aromatic heterocycles. The van der Waals surface area contributed by atoms with Crippen LogP contribution in [0.3, 0.4) is 0 Å². The van der Waals surface area contributed by atoms with Crippen LogP contribution in [0.1, 0.15) is 5.82 Å². The number of nitrogens with zero attached hydrogens (tertiary/aromatic N) is 3. The molecule has 0 saturated carbocycles. The molecule has 0 aliphatic heterocycles. The van der Waals surface area contributed by atoms with E-state index in [1.807, 2.05) is 0 Å². The maximum Gasteiger partial charge on any atom is 0.375 e. The molecule has 0 aliphatic carbocycles. The van der Waals surface area contributed by atoms with E-state index in [0.29, 0.717) is 5.82 Å². The number of aryl methyl sites for hydroxylation is 1. The molecule has 0 atom stereocenters. The van der Waals surface area contributed by atoms with Crippen LogP contribution in [0, 0.1) is 17.0 Å². The van der Waals surface area contributed by atoms with Crippen LogP contribution in [0.4, 0.5) is 10.6 Å². The minimum absolute atomic E-state index is 0.295. The average molecular weight is 201 g/mol. The Bertz CT molecular complexity index is 360. The van der Waals surface area contributed by atoms with E-state index < -0.39 is 10.2 Å². The summed E-state index contributed by atoms with van der Waals surface area (Å²) in [6.45, 7) is 1.54. The number of rotatable bonds is 1. The van der Waals surface area contributed by atoms with Gasteiger partial charge in [-0.1, -0.05) is 0 Å². The molecule has 1 heterocycles. The average Bonchev–Trinajstić information content (AvgIpc) is 2.46. The van der Waals surface area contributed by atoms with E-state index in [1.54, 1.807) is 13.2 Å². The lowest BCUT2D eigenvalue weighted by molar-refractivity contribution is -0.390. The molecule has 7 heteroatoms. The molecule has 0 amide bonds. The minimum Gasteiger partial charge on any atom is -0.358 e. The first-order valence-corrected chi connectivity index (χ1v) is 4.57. The maximum atomic E-state index is 11.2. The Morgan fingerprint density at radius 2 is 2.38 bits per heavy atom. The van der Waals surface area contributed by atoms with Gasteiger partial charge < -0.3 is 10.1 Å². The Morgan fingerprint density at radius 1 is 1.77 bits per heavy atom. The SMILES string of the molecule is CSC(=O)n1c([N+](=O)[O-])cnc1C. The predicted molar refractivity (Wildman–Crippen MR) is 47.9 cm³/mol. The van der Waals surface area contributed by atoms with Gasteiger partial charge in [0.1, 0.15) is 6.20 Å². The minimum atomic E-state index is -0.631. The van der Waals surface area contributed by atoms with Crippen molar-refractivity contribution in [2.45, 2.75) is 6.92 Å². The van der Waals surface area contributed by atoms with Crippen LogP contribution in [-0.2, 0) is 0 Å². The van der Waals surface area contributed by atoms with Crippen molar-refractivity contribution in [3.05, 3.63) is 22.1 Å². The first-order chi connectivity index (χ1) is 6.07. The quantitative estimate of drug-likeness (QED) is 0.507. The molecule has 70 valence electrons. The van der Waals surface area contributed by atoms with E-state index in [1.165, 1.54) is 0 Å². The molecule has 0 radical (unpaired) electrons. The van der Waals surface area contributed by atoms with Gasteiger partial charge in [-0.05, 0) is 22.9 Å². The van der Waals surface area contributed by atoms with Crippen molar-refractivity contribution >= 4 is 22.8 Å². The molecule has 0 N–H and O–H groups in total. The van der Waals surface area contributed by atoms with E-state index in [0.717, 1.165) is 22.5 Å². The monoisotopic (exact) mass is 201 g/mol. The van der Waals surface area contributed by atoms with Crippen molar-refractivity contribution in [3.8, 4) is 0 Å². The van der Waals surface area contributed by atoms with Crippen LogP contribution in [-0.4, -0.2) is 26.0 Å². The molecule has 0 bridgehead atoms. The lowest BCUT2D eigenvalue weighted by Gasteiger charge is -1.96. The van der Waals surface area contributed by atoms with Gasteiger partial charge in [-0.15, -0.1) is 4.57 Å².